The van der Waals surface area contributed by atoms with Crippen LogP contribution in [0.2, 0.25) is 0 Å². The maximum atomic E-state index is 4.66. The summed E-state index contributed by atoms with van der Waals surface area (Å²) >= 11 is 0. The molecule has 1 rings (SSSR count). The van der Waals surface area contributed by atoms with Crippen LogP contribution >= 0.6 is 0 Å². The zero-order valence-electron chi connectivity index (χ0n) is 29.9. The van der Waals surface area contributed by atoms with Gasteiger partial charge in [-0.05, 0) is 24.5 Å². The highest BCUT2D eigenvalue weighted by Gasteiger charge is 2.10. The zero-order chi connectivity index (χ0) is 30.7. The minimum absolute atomic E-state index is 0.837. The smallest absolute Gasteiger partial charge is 0.0406 e. The molecule has 1 unspecified atom stereocenters. The second-order valence-electron chi connectivity index (χ2n) is 14.2. The number of rotatable bonds is 35. The highest BCUT2D eigenvalue weighted by molar-refractivity contribution is 5.04. The maximum absolute atomic E-state index is 4.66. The highest BCUT2D eigenvalue weighted by Crippen LogP contribution is 2.23. The van der Waals surface area contributed by atoms with Gasteiger partial charge >= 0.3 is 0 Å². The van der Waals surface area contributed by atoms with E-state index in [0.29, 0.717) is 0 Å². The summed E-state index contributed by atoms with van der Waals surface area (Å²) in [4.78, 5) is 4.66. The monoisotopic (exact) mass is 598 g/mol. The van der Waals surface area contributed by atoms with Crippen molar-refractivity contribution in [1.82, 2.24) is 4.98 Å². The summed E-state index contributed by atoms with van der Waals surface area (Å²) in [6, 6.07) is 6.47. The Morgan fingerprint density at radius 2 is 0.698 bits per heavy atom. The largest absolute Gasteiger partial charge is 0.261 e. The third kappa shape index (κ3) is 29.6. The summed E-state index contributed by atoms with van der Waals surface area (Å²) in [6.45, 7) is 4.62. The topological polar surface area (TPSA) is 12.9 Å². The van der Waals surface area contributed by atoms with Crippen LogP contribution in [0.3, 0.4) is 0 Å². The van der Waals surface area contributed by atoms with E-state index in [1.165, 1.54) is 224 Å². The molecule has 0 aliphatic carbocycles. The van der Waals surface area contributed by atoms with Crippen LogP contribution in [-0.4, -0.2) is 4.98 Å². The van der Waals surface area contributed by atoms with Crippen LogP contribution in [0.15, 0.2) is 24.4 Å². The van der Waals surface area contributed by atoms with E-state index >= 15 is 0 Å². The molecule has 0 bridgehead atoms. The maximum Gasteiger partial charge on any atom is 0.0406 e. The van der Waals surface area contributed by atoms with Gasteiger partial charge in [0.15, 0.2) is 0 Å². The molecule has 1 atom stereocenters. The van der Waals surface area contributed by atoms with Crippen molar-refractivity contribution < 1.29 is 0 Å². The van der Waals surface area contributed by atoms with E-state index in [1.807, 2.05) is 6.20 Å². The first-order valence-electron chi connectivity index (χ1n) is 20.3. The van der Waals surface area contributed by atoms with Crippen molar-refractivity contribution in [2.45, 2.75) is 232 Å². The SMILES string of the molecule is CCCCCCCCCCCCCCCCCCCC(CCCCCCCCCCCCCCCC)Cc1ccccn1. The van der Waals surface area contributed by atoms with Crippen molar-refractivity contribution in [3.8, 4) is 0 Å². The van der Waals surface area contributed by atoms with E-state index in [9.17, 15) is 0 Å². The Kier molecular flexibility index (Phi) is 31.8. The first-order valence-corrected chi connectivity index (χ1v) is 20.3. The first-order chi connectivity index (χ1) is 21.4. The van der Waals surface area contributed by atoms with Gasteiger partial charge in [0.2, 0.25) is 0 Å². The van der Waals surface area contributed by atoms with Crippen LogP contribution in [0.4, 0.5) is 0 Å². The predicted molar refractivity (Wildman–Crippen MR) is 195 cm³/mol. The van der Waals surface area contributed by atoms with E-state index in [2.05, 4.69) is 37.0 Å². The highest BCUT2D eigenvalue weighted by atomic mass is 14.7. The van der Waals surface area contributed by atoms with Gasteiger partial charge in [-0.2, -0.15) is 0 Å². The number of hydrogen-bond donors (Lipinski definition) is 0. The Morgan fingerprint density at radius 3 is 0.977 bits per heavy atom. The number of aromatic nitrogens is 1. The lowest BCUT2D eigenvalue weighted by Crippen LogP contribution is -2.06. The normalized spacial score (nSPS) is 12.2. The molecule has 1 aromatic heterocycles. The third-order valence-corrected chi connectivity index (χ3v) is 9.91. The molecular formula is C42H79N. The fourth-order valence-electron chi connectivity index (χ4n) is 6.95. The van der Waals surface area contributed by atoms with Gasteiger partial charge in [-0.1, -0.05) is 232 Å². The van der Waals surface area contributed by atoms with Crippen LogP contribution in [0.5, 0.6) is 0 Å². The fourth-order valence-corrected chi connectivity index (χ4v) is 6.95. The standard InChI is InChI=1S/C42H79N/c1-3-5-7-9-11-13-15-17-19-20-21-23-25-27-29-31-33-37-41(40-42-38-34-35-39-43-42)36-32-30-28-26-24-22-18-16-14-12-10-8-6-4-2/h34-35,38-39,41H,3-33,36-37,40H2,1-2H3. The van der Waals surface area contributed by atoms with Crippen molar-refractivity contribution in [3.05, 3.63) is 30.1 Å². The van der Waals surface area contributed by atoms with E-state index in [-0.39, 0.29) is 0 Å². The average Bonchev–Trinajstić information content (AvgIpc) is 3.03. The van der Waals surface area contributed by atoms with Crippen LogP contribution < -0.4 is 0 Å². The first kappa shape index (κ1) is 40.2. The van der Waals surface area contributed by atoms with Gasteiger partial charge < -0.3 is 0 Å². The van der Waals surface area contributed by atoms with Crippen molar-refractivity contribution in [1.29, 1.82) is 0 Å². The zero-order valence-corrected chi connectivity index (χ0v) is 29.9. The fraction of sp³-hybridized carbons (Fsp3) is 0.881. The summed E-state index contributed by atoms with van der Waals surface area (Å²) in [7, 11) is 0. The second kappa shape index (κ2) is 34.0. The van der Waals surface area contributed by atoms with Crippen LogP contribution in [0.25, 0.3) is 0 Å². The molecule has 252 valence electrons. The van der Waals surface area contributed by atoms with Crippen molar-refractivity contribution in [3.63, 3.8) is 0 Å². The molecule has 0 fully saturated rings. The number of hydrogen-bond acceptors (Lipinski definition) is 1. The van der Waals surface area contributed by atoms with Gasteiger partial charge in [-0.3, -0.25) is 4.98 Å². The van der Waals surface area contributed by atoms with Gasteiger partial charge in [0.1, 0.15) is 0 Å². The molecule has 0 N–H and O–H groups in total. The Hall–Kier alpha value is -0.850. The lowest BCUT2D eigenvalue weighted by Gasteiger charge is -2.17. The lowest BCUT2D eigenvalue weighted by molar-refractivity contribution is 0.397. The molecule has 0 amide bonds. The van der Waals surface area contributed by atoms with Crippen molar-refractivity contribution in [2.24, 2.45) is 5.92 Å². The molecule has 43 heavy (non-hydrogen) atoms. The molecule has 1 nitrogen and oxygen atoms in total. The molecule has 0 saturated carbocycles. The minimum atomic E-state index is 0.837. The molecule has 0 aliphatic heterocycles. The van der Waals surface area contributed by atoms with E-state index in [0.717, 1.165) is 5.92 Å². The average molecular weight is 598 g/mol. The molecule has 0 aromatic carbocycles. The molecule has 0 spiro atoms. The summed E-state index contributed by atoms with van der Waals surface area (Å²) < 4.78 is 0. The van der Waals surface area contributed by atoms with Crippen LogP contribution in [-0.2, 0) is 6.42 Å². The minimum Gasteiger partial charge on any atom is -0.261 e. The van der Waals surface area contributed by atoms with Crippen molar-refractivity contribution in [2.75, 3.05) is 0 Å². The number of nitrogens with zero attached hydrogens (tertiary/aromatic N) is 1. The molecule has 1 aromatic rings. The molecule has 1 heterocycles. The molecule has 0 aliphatic rings. The Bertz CT molecular complexity index is 625. The van der Waals surface area contributed by atoms with Gasteiger partial charge in [0, 0.05) is 11.9 Å². The summed E-state index contributed by atoms with van der Waals surface area (Å²) in [5.41, 5.74) is 1.31. The van der Waals surface area contributed by atoms with Gasteiger partial charge in [0.25, 0.3) is 0 Å². The van der Waals surface area contributed by atoms with Crippen molar-refractivity contribution >= 4 is 0 Å². The van der Waals surface area contributed by atoms with Crippen LogP contribution in [0.1, 0.15) is 231 Å². The Labute approximate surface area is 272 Å². The lowest BCUT2D eigenvalue weighted by atomic mass is 9.90. The van der Waals surface area contributed by atoms with Gasteiger partial charge in [-0.25, -0.2) is 0 Å². The summed E-state index contributed by atoms with van der Waals surface area (Å²) in [5.74, 6) is 0.837. The molecule has 1 heteroatoms. The van der Waals surface area contributed by atoms with E-state index < -0.39 is 0 Å². The Balaban J connectivity index is 1.98. The van der Waals surface area contributed by atoms with Gasteiger partial charge in [0.05, 0.1) is 0 Å². The van der Waals surface area contributed by atoms with E-state index in [4.69, 9.17) is 0 Å². The van der Waals surface area contributed by atoms with Crippen LogP contribution in [0, 0.1) is 5.92 Å². The quantitative estimate of drug-likeness (QED) is 0.0709. The second-order valence-corrected chi connectivity index (χ2v) is 14.2. The number of unbranched alkanes of at least 4 members (excludes halogenated alkanes) is 29. The Morgan fingerprint density at radius 1 is 0.395 bits per heavy atom. The molecular weight excluding hydrogens is 518 g/mol. The third-order valence-electron chi connectivity index (χ3n) is 9.91. The summed E-state index contributed by atoms with van der Waals surface area (Å²) in [5, 5.41) is 0. The summed E-state index contributed by atoms with van der Waals surface area (Å²) in [6.07, 6.45) is 51.1. The molecule has 0 radical (unpaired) electrons. The number of pyridine rings is 1. The molecule has 0 saturated heterocycles. The van der Waals surface area contributed by atoms with Gasteiger partial charge in [-0.15, -0.1) is 0 Å². The predicted octanol–water partition coefficient (Wildman–Crippen LogP) is 15.2. The van der Waals surface area contributed by atoms with E-state index in [1.54, 1.807) is 0 Å².